The molecule has 0 aromatic rings. The maximum atomic E-state index is 12.4. The minimum atomic E-state index is -4.83. The van der Waals surface area contributed by atoms with Crippen LogP contribution >= 0.6 is 7.82 Å². The van der Waals surface area contributed by atoms with Crippen LogP contribution in [0.4, 0.5) is 0 Å². The molecule has 10 heteroatoms. The van der Waals surface area contributed by atoms with Crippen LogP contribution in [0.3, 0.4) is 0 Å². The fourth-order valence-electron chi connectivity index (χ4n) is 4.51. The highest BCUT2D eigenvalue weighted by atomic mass is 31.2. The second kappa shape index (κ2) is 37.0. The van der Waals surface area contributed by atoms with E-state index in [-0.39, 0.29) is 12.8 Å². The van der Waals surface area contributed by atoms with Crippen LogP contribution in [0.2, 0.25) is 0 Å². The molecule has 0 bridgehead atoms. The van der Waals surface area contributed by atoms with E-state index in [1.807, 2.05) is 24.3 Å². The highest BCUT2D eigenvalue weighted by Gasteiger charge is 2.23. The minimum absolute atomic E-state index is 0.0374. The Labute approximate surface area is 319 Å². The van der Waals surface area contributed by atoms with Crippen LogP contribution in [0.25, 0.3) is 0 Å². The SMILES string of the molecule is CC/C=C\C/C=C\C/C=C\C/C=C\C=C\C(O)CCCC(=O)O[C@H](COC(=O)CCC/C=C\C/C=C\C/C=C\C/C=C\CCCCC)COP(=O)(O)O. The number of phosphoric acid groups is 1. The molecule has 0 saturated heterocycles. The largest absolute Gasteiger partial charge is 0.469 e. The van der Waals surface area contributed by atoms with Crippen molar-refractivity contribution < 1.29 is 43.0 Å². The van der Waals surface area contributed by atoms with E-state index >= 15 is 0 Å². The Morgan fingerprint density at radius 1 is 0.604 bits per heavy atom. The molecule has 9 nitrogen and oxygen atoms in total. The zero-order chi connectivity index (χ0) is 39.1. The number of carbonyl (C=O) groups excluding carboxylic acids is 2. The topological polar surface area (TPSA) is 140 Å². The lowest BCUT2D eigenvalue weighted by Crippen LogP contribution is -2.29. The first-order valence-electron chi connectivity index (χ1n) is 19.3. The van der Waals surface area contributed by atoms with E-state index in [0.717, 1.165) is 51.4 Å². The van der Waals surface area contributed by atoms with Gasteiger partial charge < -0.3 is 24.4 Å². The molecule has 0 heterocycles. The number of ether oxygens (including phenoxy) is 2. The molecule has 1 unspecified atom stereocenters. The van der Waals surface area contributed by atoms with Crippen LogP contribution in [-0.2, 0) is 28.2 Å². The van der Waals surface area contributed by atoms with Crippen LogP contribution in [0, 0.1) is 0 Å². The average molecular weight is 759 g/mol. The number of hydrogen-bond acceptors (Lipinski definition) is 7. The number of unbranched alkanes of at least 4 members (excludes halogenated alkanes) is 4. The molecule has 0 aromatic carbocycles. The quantitative estimate of drug-likeness (QED) is 0.0196. The Morgan fingerprint density at radius 2 is 1.11 bits per heavy atom. The van der Waals surface area contributed by atoms with Gasteiger partial charge in [-0.25, -0.2) is 4.57 Å². The summed E-state index contributed by atoms with van der Waals surface area (Å²) in [7, 11) is -4.83. The minimum Gasteiger partial charge on any atom is -0.462 e. The molecule has 298 valence electrons. The number of esters is 2. The fraction of sp³-hybridized carbons (Fsp3) is 0.535. The third kappa shape index (κ3) is 39.7. The summed E-state index contributed by atoms with van der Waals surface area (Å²) < 4.78 is 26.1. The van der Waals surface area contributed by atoms with Gasteiger partial charge in [-0.2, -0.15) is 0 Å². The van der Waals surface area contributed by atoms with Gasteiger partial charge in [0.1, 0.15) is 6.61 Å². The number of allylic oxidation sites excluding steroid dienone is 17. The summed E-state index contributed by atoms with van der Waals surface area (Å²) >= 11 is 0. The molecular formula is C43H67O9P. The zero-order valence-electron chi connectivity index (χ0n) is 32.2. The number of rotatable bonds is 33. The van der Waals surface area contributed by atoms with Crippen LogP contribution < -0.4 is 0 Å². The smallest absolute Gasteiger partial charge is 0.462 e. The van der Waals surface area contributed by atoms with E-state index in [0.29, 0.717) is 25.7 Å². The van der Waals surface area contributed by atoms with Gasteiger partial charge in [-0.3, -0.25) is 14.1 Å². The van der Waals surface area contributed by atoms with E-state index < -0.39 is 45.2 Å². The first-order chi connectivity index (χ1) is 25.7. The van der Waals surface area contributed by atoms with E-state index in [4.69, 9.17) is 19.3 Å². The molecule has 0 amide bonds. The summed E-state index contributed by atoms with van der Waals surface area (Å²) in [4.78, 5) is 42.7. The summed E-state index contributed by atoms with van der Waals surface area (Å²) in [5.41, 5.74) is 0. The highest BCUT2D eigenvalue weighted by molar-refractivity contribution is 7.46. The van der Waals surface area contributed by atoms with Gasteiger partial charge in [-0.1, -0.05) is 136 Å². The van der Waals surface area contributed by atoms with E-state index in [1.165, 1.54) is 19.3 Å². The van der Waals surface area contributed by atoms with Gasteiger partial charge >= 0.3 is 19.8 Å². The summed E-state index contributed by atoms with van der Waals surface area (Å²) in [6.07, 6.45) is 48.4. The first kappa shape index (κ1) is 49.7. The first-order valence-corrected chi connectivity index (χ1v) is 20.8. The van der Waals surface area contributed by atoms with E-state index in [9.17, 15) is 19.3 Å². The Balaban J connectivity index is 4.30. The molecule has 3 N–H and O–H groups in total. The van der Waals surface area contributed by atoms with Crippen molar-refractivity contribution in [2.75, 3.05) is 13.2 Å². The third-order valence-electron chi connectivity index (χ3n) is 7.38. The van der Waals surface area contributed by atoms with Crippen molar-refractivity contribution in [1.29, 1.82) is 0 Å². The Hall–Kier alpha value is -3.33. The molecule has 0 rings (SSSR count). The Kier molecular flexibility index (Phi) is 34.7. The summed E-state index contributed by atoms with van der Waals surface area (Å²) in [6, 6.07) is 0. The van der Waals surface area contributed by atoms with Gasteiger partial charge in [-0.15, -0.1) is 0 Å². The van der Waals surface area contributed by atoms with Gasteiger partial charge in [0.2, 0.25) is 0 Å². The number of aliphatic hydroxyl groups is 1. The molecule has 0 spiro atoms. The zero-order valence-corrected chi connectivity index (χ0v) is 33.1. The molecular weight excluding hydrogens is 691 g/mol. The molecule has 0 radical (unpaired) electrons. The van der Waals surface area contributed by atoms with Crippen molar-refractivity contribution in [3.05, 3.63) is 109 Å². The van der Waals surface area contributed by atoms with Crippen molar-refractivity contribution in [2.45, 2.75) is 135 Å². The van der Waals surface area contributed by atoms with Crippen molar-refractivity contribution in [2.24, 2.45) is 0 Å². The fourth-order valence-corrected chi connectivity index (χ4v) is 4.87. The van der Waals surface area contributed by atoms with Gasteiger partial charge in [0, 0.05) is 12.8 Å². The lowest BCUT2D eigenvalue weighted by atomic mass is 10.1. The monoisotopic (exact) mass is 758 g/mol. The Bertz CT molecular complexity index is 1230. The van der Waals surface area contributed by atoms with Crippen LogP contribution in [0.5, 0.6) is 0 Å². The maximum Gasteiger partial charge on any atom is 0.469 e. The van der Waals surface area contributed by atoms with E-state index in [2.05, 4.69) is 91.3 Å². The molecule has 0 aliphatic heterocycles. The molecule has 0 aliphatic carbocycles. The number of hydrogen-bond donors (Lipinski definition) is 3. The lowest BCUT2D eigenvalue weighted by molar-refractivity contribution is -0.161. The van der Waals surface area contributed by atoms with Crippen LogP contribution in [0.1, 0.15) is 123 Å². The van der Waals surface area contributed by atoms with E-state index in [1.54, 1.807) is 12.2 Å². The van der Waals surface area contributed by atoms with Gasteiger partial charge in [0.25, 0.3) is 0 Å². The normalized spacial score (nSPS) is 14.3. The van der Waals surface area contributed by atoms with Crippen LogP contribution in [-0.4, -0.2) is 52.3 Å². The Morgan fingerprint density at radius 3 is 1.66 bits per heavy atom. The molecule has 0 fully saturated rings. The second-order valence-corrected chi connectivity index (χ2v) is 13.6. The van der Waals surface area contributed by atoms with Gasteiger partial charge in [0.05, 0.1) is 12.7 Å². The molecule has 0 aromatic heterocycles. The average Bonchev–Trinajstić information content (AvgIpc) is 3.12. The van der Waals surface area contributed by atoms with Crippen molar-refractivity contribution >= 4 is 19.8 Å². The number of carbonyl (C=O) groups is 2. The maximum absolute atomic E-state index is 12.4. The molecule has 0 aliphatic rings. The molecule has 53 heavy (non-hydrogen) atoms. The summed E-state index contributed by atoms with van der Waals surface area (Å²) in [6.45, 7) is 3.30. The molecule has 2 atom stereocenters. The van der Waals surface area contributed by atoms with Crippen molar-refractivity contribution in [3.63, 3.8) is 0 Å². The molecule has 0 saturated carbocycles. The lowest BCUT2D eigenvalue weighted by Gasteiger charge is -2.18. The summed E-state index contributed by atoms with van der Waals surface area (Å²) in [5, 5.41) is 10.2. The van der Waals surface area contributed by atoms with Crippen LogP contribution in [0.15, 0.2) is 109 Å². The highest BCUT2D eigenvalue weighted by Crippen LogP contribution is 2.35. The number of phosphoric ester groups is 1. The van der Waals surface area contributed by atoms with Crippen molar-refractivity contribution in [3.8, 4) is 0 Å². The predicted octanol–water partition coefficient (Wildman–Crippen LogP) is 10.6. The number of aliphatic hydroxyl groups excluding tert-OH is 1. The standard InChI is InChI=1S/C43H67O9P/c1-3-5-7-9-11-13-15-17-18-19-20-22-24-26-28-30-32-36-42(45)50-38-41(39-51-53(47,48)49)52-43(46)37-33-35-40(44)34-31-29-27-25-23-21-16-14-12-10-8-6-4-2/h6,8,11-14,17-18,20-23,26-29,31,34,40-41,44H,3-5,7,9-10,15-16,19,24-25,30,32-33,35-39H2,1-2H3,(H2,47,48,49)/b8-6-,13-11-,14-12-,18-17-,22-20-,23-21-,28-26-,29-27-,34-31+/t40?,41-/m1/s1. The van der Waals surface area contributed by atoms with Gasteiger partial charge in [-0.05, 0) is 83.5 Å². The summed E-state index contributed by atoms with van der Waals surface area (Å²) in [5.74, 6) is -1.17. The second-order valence-electron chi connectivity index (χ2n) is 12.4. The van der Waals surface area contributed by atoms with Gasteiger partial charge in [0.15, 0.2) is 6.10 Å². The van der Waals surface area contributed by atoms with Crippen molar-refractivity contribution in [1.82, 2.24) is 0 Å². The predicted molar refractivity (Wildman–Crippen MR) is 217 cm³/mol. The third-order valence-corrected chi connectivity index (χ3v) is 7.86.